The van der Waals surface area contributed by atoms with Gasteiger partial charge in [0.15, 0.2) is 0 Å². The molecule has 1 saturated heterocycles. The fraction of sp³-hybridized carbons (Fsp3) is 0.556. The van der Waals surface area contributed by atoms with Gasteiger partial charge in [0.2, 0.25) is 5.91 Å². The molecule has 1 aromatic carbocycles. The first kappa shape index (κ1) is 18.7. The number of likely N-dealkylation sites (tertiary alicyclic amines) is 1. The zero-order valence-corrected chi connectivity index (χ0v) is 15.3. The summed E-state index contributed by atoms with van der Waals surface area (Å²) in [6, 6.07) is 6.44. The molecule has 1 aliphatic heterocycles. The molecule has 1 unspecified atom stereocenters. The summed E-state index contributed by atoms with van der Waals surface area (Å²) < 4.78 is 0. The van der Waals surface area contributed by atoms with Crippen LogP contribution in [0.1, 0.15) is 37.0 Å². The zero-order valence-electron chi connectivity index (χ0n) is 14.5. The third-order valence-corrected chi connectivity index (χ3v) is 4.75. The molecular weight excluding hydrogens is 326 g/mol. The van der Waals surface area contributed by atoms with Gasteiger partial charge in [-0.1, -0.05) is 37.6 Å². The summed E-state index contributed by atoms with van der Waals surface area (Å²) in [4.78, 5) is 27.3. The van der Waals surface area contributed by atoms with Crippen molar-refractivity contribution in [3.8, 4) is 0 Å². The lowest BCUT2D eigenvalue weighted by atomic mass is 10.0. The number of hydrogen-bond acceptors (Lipinski definition) is 3. The van der Waals surface area contributed by atoms with Crippen LogP contribution in [0.25, 0.3) is 0 Å². The fourth-order valence-electron chi connectivity index (χ4n) is 2.84. The lowest BCUT2D eigenvalue weighted by Crippen LogP contribution is -2.53. The van der Waals surface area contributed by atoms with E-state index >= 15 is 0 Å². The molecule has 1 fully saturated rings. The van der Waals surface area contributed by atoms with Crippen LogP contribution < -0.4 is 10.6 Å². The molecule has 0 aromatic heterocycles. The van der Waals surface area contributed by atoms with E-state index in [0.717, 1.165) is 25.9 Å². The van der Waals surface area contributed by atoms with Gasteiger partial charge in [0, 0.05) is 6.04 Å². The normalized spacial score (nSPS) is 17.5. The van der Waals surface area contributed by atoms with Gasteiger partial charge < -0.3 is 15.5 Å². The Morgan fingerprint density at radius 1 is 1.21 bits per heavy atom. The van der Waals surface area contributed by atoms with E-state index < -0.39 is 6.04 Å². The van der Waals surface area contributed by atoms with Crippen molar-refractivity contribution in [1.82, 2.24) is 15.5 Å². The smallest absolute Gasteiger partial charge is 0.253 e. The summed E-state index contributed by atoms with van der Waals surface area (Å²) >= 11 is 6.06. The van der Waals surface area contributed by atoms with Crippen molar-refractivity contribution in [2.45, 2.75) is 38.8 Å². The third kappa shape index (κ3) is 4.95. The molecule has 1 aliphatic rings. The van der Waals surface area contributed by atoms with Crippen LogP contribution >= 0.6 is 11.6 Å². The van der Waals surface area contributed by atoms with E-state index in [4.69, 9.17) is 11.6 Å². The van der Waals surface area contributed by atoms with E-state index in [1.807, 2.05) is 13.8 Å². The predicted octanol–water partition coefficient (Wildman–Crippen LogP) is 2.30. The van der Waals surface area contributed by atoms with Crippen LogP contribution in [0.4, 0.5) is 0 Å². The topological polar surface area (TPSA) is 61.4 Å². The van der Waals surface area contributed by atoms with E-state index in [0.29, 0.717) is 10.6 Å². The number of benzene rings is 1. The molecule has 6 heteroatoms. The quantitative estimate of drug-likeness (QED) is 0.855. The molecule has 1 aromatic rings. The van der Waals surface area contributed by atoms with Crippen molar-refractivity contribution in [3.63, 3.8) is 0 Å². The van der Waals surface area contributed by atoms with Gasteiger partial charge >= 0.3 is 0 Å². The predicted molar refractivity (Wildman–Crippen MR) is 96.2 cm³/mol. The number of nitrogens with one attached hydrogen (secondary N) is 2. The number of piperidine rings is 1. The number of carbonyl (C=O) groups is 2. The SMILES string of the molecule is CC(C)C(NC(=O)c1ccccc1Cl)C(=O)NC1CCN(C)CC1. The Morgan fingerprint density at radius 3 is 2.42 bits per heavy atom. The monoisotopic (exact) mass is 351 g/mol. The number of amides is 2. The number of nitrogens with zero attached hydrogens (tertiary/aromatic N) is 1. The summed E-state index contributed by atoms with van der Waals surface area (Å²) in [6.07, 6.45) is 1.87. The molecule has 2 N–H and O–H groups in total. The van der Waals surface area contributed by atoms with Gasteiger partial charge in [0.25, 0.3) is 5.91 Å². The molecule has 24 heavy (non-hydrogen) atoms. The Morgan fingerprint density at radius 2 is 1.83 bits per heavy atom. The standard InChI is InChI=1S/C18H26ClN3O2/c1-12(2)16(18(24)20-13-8-10-22(3)11-9-13)21-17(23)14-6-4-5-7-15(14)19/h4-7,12-13,16H,8-11H2,1-3H3,(H,20,24)(H,21,23). The Hall–Kier alpha value is -1.59. The highest BCUT2D eigenvalue weighted by atomic mass is 35.5. The highest BCUT2D eigenvalue weighted by Crippen LogP contribution is 2.16. The molecule has 1 heterocycles. The van der Waals surface area contributed by atoms with E-state index in [-0.39, 0.29) is 23.8 Å². The van der Waals surface area contributed by atoms with Crippen molar-refractivity contribution < 1.29 is 9.59 Å². The van der Waals surface area contributed by atoms with E-state index in [1.54, 1.807) is 24.3 Å². The van der Waals surface area contributed by atoms with Gasteiger partial charge in [0.1, 0.15) is 6.04 Å². The van der Waals surface area contributed by atoms with Crippen LogP contribution in [0.2, 0.25) is 5.02 Å². The van der Waals surface area contributed by atoms with Crippen LogP contribution in [0, 0.1) is 5.92 Å². The lowest BCUT2D eigenvalue weighted by molar-refractivity contribution is -0.125. The first-order valence-electron chi connectivity index (χ1n) is 8.42. The Labute approximate surface area is 148 Å². The van der Waals surface area contributed by atoms with Crippen molar-refractivity contribution >= 4 is 23.4 Å². The Bertz CT molecular complexity index is 583. The van der Waals surface area contributed by atoms with E-state index in [2.05, 4.69) is 22.6 Å². The van der Waals surface area contributed by atoms with Crippen molar-refractivity contribution in [2.75, 3.05) is 20.1 Å². The molecule has 5 nitrogen and oxygen atoms in total. The van der Waals surface area contributed by atoms with E-state index in [1.165, 1.54) is 0 Å². The summed E-state index contributed by atoms with van der Waals surface area (Å²) in [5.74, 6) is -0.458. The summed E-state index contributed by atoms with van der Waals surface area (Å²) in [5.41, 5.74) is 0.386. The maximum Gasteiger partial charge on any atom is 0.253 e. The number of hydrogen-bond donors (Lipinski definition) is 2. The summed E-state index contributed by atoms with van der Waals surface area (Å²) in [5, 5.41) is 6.29. The van der Waals surface area contributed by atoms with Gasteiger partial charge in [-0.25, -0.2) is 0 Å². The molecule has 0 bridgehead atoms. The van der Waals surface area contributed by atoms with Crippen molar-refractivity contribution in [3.05, 3.63) is 34.9 Å². The van der Waals surface area contributed by atoms with Gasteiger partial charge in [0.05, 0.1) is 10.6 Å². The summed E-state index contributed by atoms with van der Waals surface area (Å²) in [7, 11) is 2.08. The average molecular weight is 352 g/mol. The third-order valence-electron chi connectivity index (χ3n) is 4.42. The molecule has 2 rings (SSSR count). The molecule has 1 atom stereocenters. The molecule has 0 saturated carbocycles. The van der Waals surface area contributed by atoms with Crippen molar-refractivity contribution in [1.29, 1.82) is 0 Å². The second kappa shape index (κ2) is 8.49. The molecule has 2 amide bonds. The second-order valence-electron chi connectivity index (χ2n) is 6.76. The van der Waals surface area contributed by atoms with E-state index in [9.17, 15) is 9.59 Å². The largest absolute Gasteiger partial charge is 0.351 e. The van der Waals surface area contributed by atoms with Gasteiger partial charge in [-0.2, -0.15) is 0 Å². The minimum atomic E-state index is -0.576. The van der Waals surface area contributed by atoms with Crippen LogP contribution in [0.3, 0.4) is 0 Å². The van der Waals surface area contributed by atoms with Crippen LogP contribution in [0.5, 0.6) is 0 Å². The van der Waals surface area contributed by atoms with Crippen LogP contribution in [0.15, 0.2) is 24.3 Å². The number of rotatable bonds is 5. The van der Waals surface area contributed by atoms with Gasteiger partial charge in [-0.3, -0.25) is 9.59 Å². The second-order valence-corrected chi connectivity index (χ2v) is 7.17. The molecule has 0 radical (unpaired) electrons. The number of carbonyl (C=O) groups excluding carboxylic acids is 2. The summed E-state index contributed by atoms with van der Waals surface area (Å²) in [6.45, 7) is 5.80. The Kier molecular flexibility index (Phi) is 6.63. The molecular formula is C18H26ClN3O2. The van der Waals surface area contributed by atoms with Crippen LogP contribution in [-0.2, 0) is 4.79 Å². The first-order valence-corrected chi connectivity index (χ1v) is 8.80. The fourth-order valence-corrected chi connectivity index (χ4v) is 3.06. The molecule has 132 valence electrons. The molecule has 0 spiro atoms. The lowest BCUT2D eigenvalue weighted by Gasteiger charge is -2.31. The molecule has 0 aliphatic carbocycles. The average Bonchev–Trinajstić information content (AvgIpc) is 2.54. The zero-order chi connectivity index (χ0) is 17.7. The van der Waals surface area contributed by atoms with Crippen molar-refractivity contribution in [2.24, 2.45) is 5.92 Å². The highest BCUT2D eigenvalue weighted by molar-refractivity contribution is 6.33. The maximum absolute atomic E-state index is 12.6. The van der Waals surface area contributed by atoms with Crippen LogP contribution in [-0.4, -0.2) is 48.9 Å². The first-order chi connectivity index (χ1) is 11.4. The minimum Gasteiger partial charge on any atom is -0.351 e. The Balaban J connectivity index is 1.99. The highest BCUT2D eigenvalue weighted by Gasteiger charge is 2.28. The number of halogens is 1. The van der Waals surface area contributed by atoms with Gasteiger partial charge in [-0.15, -0.1) is 0 Å². The maximum atomic E-state index is 12.6. The minimum absolute atomic E-state index is 0.0114. The van der Waals surface area contributed by atoms with Gasteiger partial charge in [-0.05, 0) is 51.0 Å².